The van der Waals surface area contributed by atoms with Crippen molar-refractivity contribution in [2.75, 3.05) is 13.7 Å². The van der Waals surface area contributed by atoms with E-state index in [4.69, 9.17) is 16.3 Å². The molecule has 1 aliphatic heterocycles. The van der Waals surface area contributed by atoms with Crippen LogP contribution in [0.4, 0.5) is 8.78 Å². The fraction of sp³-hybridized carbons (Fsp3) is 0.476. The summed E-state index contributed by atoms with van der Waals surface area (Å²) in [6.07, 6.45) is 1.76. The van der Waals surface area contributed by atoms with Gasteiger partial charge < -0.3 is 14.7 Å². The molecule has 1 aromatic carbocycles. The molecule has 0 aromatic heterocycles. The highest BCUT2D eigenvalue weighted by atomic mass is 35.5. The molecule has 158 valence electrons. The highest BCUT2D eigenvalue weighted by molar-refractivity contribution is 8.07. The average molecular weight is 444 g/mol. The molecular weight excluding hydrogens is 420 g/mol. The van der Waals surface area contributed by atoms with Gasteiger partial charge in [-0.3, -0.25) is 4.79 Å². The molecule has 2 aliphatic rings. The van der Waals surface area contributed by atoms with Crippen molar-refractivity contribution in [3.63, 3.8) is 0 Å². The molecule has 1 aromatic rings. The number of carbonyl (C=O) groups excluding carboxylic acids is 1. The zero-order valence-electron chi connectivity index (χ0n) is 16.5. The second kappa shape index (κ2) is 8.66. The van der Waals surface area contributed by atoms with E-state index in [1.165, 1.54) is 19.3 Å². The van der Waals surface area contributed by atoms with E-state index in [2.05, 4.69) is 0 Å². The van der Waals surface area contributed by atoms with Gasteiger partial charge in [0.1, 0.15) is 5.75 Å². The van der Waals surface area contributed by atoms with E-state index in [0.29, 0.717) is 39.5 Å². The van der Waals surface area contributed by atoms with Gasteiger partial charge in [0.2, 0.25) is 0 Å². The number of methoxy groups -OCH3 is 1. The van der Waals surface area contributed by atoms with Crippen LogP contribution in [-0.2, 0) is 0 Å². The van der Waals surface area contributed by atoms with Crippen molar-refractivity contribution in [1.29, 1.82) is 0 Å². The number of hydrogen-bond acceptors (Lipinski definition) is 5. The first kappa shape index (κ1) is 22.1. The molecule has 0 amide bonds. The van der Waals surface area contributed by atoms with Gasteiger partial charge in [0, 0.05) is 28.2 Å². The van der Waals surface area contributed by atoms with Crippen LogP contribution in [0.2, 0.25) is 5.02 Å². The maximum atomic E-state index is 13.5. The summed E-state index contributed by atoms with van der Waals surface area (Å²) in [4.78, 5) is 15.0. The number of halogens is 3. The molecule has 0 bridgehead atoms. The Morgan fingerprint density at radius 3 is 2.72 bits per heavy atom. The third-order valence-corrected chi connectivity index (χ3v) is 7.13. The van der Waals surface area contributed by atoms with Crippen molar-refractivity contribution in [1.82, 2.24) is 4.90 Å². The van der Waals surface area contributed by atoms with Crippen LogP contribution in [0.5, 0.6) is 5.75 Å². The molecule has 29 heavy (non-hydrogen) atoms. The van der Waals surface area contributed by atoms with E-state index >= 15 is 0 Å². The van der Waals surface area contributed by atoms with Crippen molar-refractivity contribution in [2.45, 2.75) is 45.1 Å². The lowest BCUT2D eigenvalue weighted by Crippen LogP contribution is -2.35. The van der Waals surface area contributed by atoms with Crippen LogP contribution in [0, 0.1) is 5.92 Å². The number of hydrogen-bond donors (Lipinski definition) is 1. The SMILES string of the molecule is COc1ccc(Cl)cc1C(=O)C=C1SC(C(C)(O)C(F)F)=C(C)N1CC1CCC1. The lowest BCUT2D eigenvalue weighted by atomic mass is 9.85. The van der Waals surface area contributed by atoms with Gasteiger partial charge in [-0.05, 0) is 50.8 Å². The predicted molar refractivity (Wildman–Crippen MR) is 111 cm³/mol. The zero-order chi connectivity index (χ0) is 21.3. The number of ether oxygens (including phenoxy) is 1. The topological polar surface area (TPSA) is 49.8 Å². The fourth-order valence-electron chi connectivity index (χ4n) is 3.42. The minimum Gasteiger partial charge on any atom is -0.496 e. The highest BCUT2D eigenvalue weighted by Gasteiger charge is 2.44. The van der Waals surface area contributed by atoms with E-state index in [1.54, 1.807) is 19.1 Å². The molecule has 0 saturated heterocycles. The molecule has 8 heteroatoms. The molecule has 0 spiro atoms. The third kappa shape index (κ3) is 4.47. The Bertz CT molecular complexity index is 865. The summed E-state index contributed by atoms with van der Waals surface area (Å²) in [6.45, 7) is 3.45. The van der Waals surface area contributed by atoms with Gasteiger partial charge in [-0.15, -0.1) is 0 Å². The van der Waals surface area contributed by atoms with Gasteiger partial charge in [-0.2, -0.15) is 0 Å². The van der Waals surface area contributed by atoms with Crippen LogP contribution < -0.4 is 4.74 Å². The fourth-order valence-corrected chi connectivity index (χ4v) is 4.84. The van der Waals surface area contributed by atoms with Crippen LogP contribution in [0.15, 0.2) is 39.9 Å². The van der Waals surface area contributed by atoms with E-state index in [-0.39, 0.29) is 10.7 Å². The molecule has 1 unspecified atom stereocenters. The molecule has 1 atom stereocenters. The third-order valence-electron chi connectivity index (χ3n) is 5.44. The quantitative estimate of drug-likeness (QED) is 0.447. The number of rotatable bonds is 7. The normalized spacial score (nSPS) is 21.0. The number of carbonyl (C=O) groups is 1. The molecule has 3 rings (SSSR count). The van der Waals surface area contributed by atoms with Gasteiger partial charge in [0.15, 0.2) is 11.4 Å². The number of allylic oxidation sites excluding steroid dienone is 2. The Morgan fingerprint density at radius 2 is 2.17 bits per heavy atom. The van der Waals surface area contributed by atoms with E-state index in [0.717, 1.165) is 37.9 Å². The summed E-state index contributed by atoms with van der Waals surface area (Å²) >= 11 is 7.05. The number of alkyl halides is 2. The van der Waals surface area contributed by atoms with Crippen molar-refractivity contribution < 1.29 is 23.4 Å². The average Bonchev–Trinajstić information content (AvgIpc) is 2.94. The smallest absolute Gasteiger partial charge is 0.271 e. The molecule has 1 saturated carbocycles. The Morgan fingerprint density at radius 1 is 1.48 bits per heavy atom. The molecule has 4 nitrogen and oxygen atoms in total. The molecule has 1 heterocycles. The molecule has 1 N–H and O–H groups in total. The minimum atomic E-state index is -2.94. The highest BCUT2D eigenvalue weighted by Crippen LogP contribution is 2.49. The molecular formula is C21H24ClF2NO3S. The van der Waals surface area contributed by atoms with Gasteiger partial charge in [-0.25, -0.2) is 8.78 Å². The summed E-state index contributed by atoms with van der Waals surface area (Å²) < 4.78 is 32.2. The summed E-state index contributed by atoms with van der Waals surface area (Å²) in [5.41, 5.74) is -1.42. The summed E-state index contributed by atoms with van der Waals surface area (Å²) in [7, 11) is 1.46. The van der Waals surface area contributed by atoms with Crippen LogP contribution in [0.1, 0.15) is 43.5 Å². The monoisotopic (exact) mass is 443 g/mol. The Kier molecular flexibility index (Phi) is 6.61. The predicted octanol–water partition coefficient (Wildman–Crippen LogP) is 5.47. The number of nitrogens with zero attached hydrogens (tertiary/aromatic N) is 1. The standard InChI is InChI=1S/C21H24ClF2NO3S/c1-12-19(21(2,27)20(23)24)29-18(25(12)11-13-5-4-6-13)10-16(26)15-9-14(22)7-8-17(15)28-3/h7-10,13,20,27H,4-6,11H2,1-3H3. The largest absolute Gasteiger partial charge is 0.496 e. The van der Waals surface area contributed by atoms with Crippen molar-refractivity contribution in [3.05, 3.63) is 50.5 Å². The van der Waals surface area contributed by atoms with E-state index in [1.807, 2.05) is 4.90 Å². The Hall–Kier alpha value is -1.57. The first-order valence-electron chi connectivity index (χ1n) is 9.42. The lowest BCUT2D eigenvalue weighted by molar-refractivity contribution is -0.0521. The number of benzene rings is 1. The lowest BCUT2D eigenvalue weighted by Gasteiger charge is -2.32. The minimum absolute atomic E-state index is 0.170. The van der Waals surface area contributed by atoms with Gasteiger partial charge in [0.05, 0.1) is 17.7 Å². The van der Waals surface area contributed by atoms with Crippen LogP contribution >= 0.6 is 23.4 Å². The Labute approximate surface area is 178 Å². The van der Waals surface area contributed by atoms with Crippen molar-refractivity contribution in [3.8, 4) is 5.75 Å². The second-order valence-corrected chi connectivity index (χ2v) is 9.03. The van der Waals surface area contributed by atoms with Crippen LogP contribution in [0.3, 0.4) is 0 Å². The summed E-state index contributed by atoms with van der Waals surface area (Å²) in [5.74, 6) is 0.492. The van der Waals surface area contributed by atoms with Gasteiger partial charge in [0.25, 0.3) is 6.43 Å². The second-order valence-electron chi connectivity index (χ2n) is 7.56. The zero-order valence-corrected chi connectivity index (χ0v) is 18.1. The van der Waals surface area contributed by atoms with Crippen LogP contribution in [-0.4, -0.2) is 41.5 Å². The van der Waals surface area contributed by atoms with E-state index in [9.17, 15) is 18.7 Å². The number of thioether (sulfide) groups is 1. The van der Waals surface area contributed by atoms with Gasteiger partial charge >= 0.3 is 0 Å². The van der Waals surface area contributed by atoms with Crippen LogP contribution in [0.25, 0.3) is 0 Å². The molecule has 1 aliphatic carbocycles. The van der Waals surface area contributed by atoms with Crippen molar-refractivity contribution >= 4 is 29.1 Å². The maximum absolute atomic E-state index is 13.5. The first-order chi connectivity index (χ1) is 13.6. The maximum Gasteiger partial charge on any atom is 0.271 e. The van der Waals surface area contributed by atoms with Gasteiger partial charge in [-0.1, -0.05) is 29.8 Å². The van der Waals surface area contributed by atoms with E-state index < -0.39 is 12.0 Å². The molecule has 0 radical (unpaired) electrons. The Balaban J connectivity index is 1.96. The molecule has 1 fully saturated rings. The number of aliphatic hydroxyl groups is 1. The number of ketones is 1. The first-order valence-corrected chi connectivity index (χ1v) is 10.6. The summed E-state index contributed by atoms with van der Waals surface area (Å²) in [5, 5.41) is 11.3. The summed E-state index contributed by atoms with van der Waals surface area (Å²) in [6, 6.07) is 4.76. The van der Waals surface area contributed by atoms with Crippen molar-refractivity contribution in [2.24, 2.45) is 5.92 Å².